The Morgan fingerprint density at radius 3 is 1.94 bits per heavy atom. The summed E-state index contributed by atoms with van der Waals surface area (Å²) in [5.74, 6) is 3.39. The highest BCUT2D eigenvalue weighted by Crippen LogP contribution is 2.59. The predicted molar refractivity (Wildman–Crippen MR) is 133 cm³/mol. The maximum absolute atomic E-state index is 12.5. The smallest absolute Gasteiger partial charge is 0.312 e. The fourth-order valence-electron chi connectivity index (χ4n) is 7.29. The van der Waals surface area contributed by atoms with Crippen molar-refractivity contribution in [2.45, 2.75) is 124 Å². The Labute approximate surface area is 206 Å². The van der Waals surface area contributed by atoms with Gasteiger partial charge in [0.15, 0.2) is 0 Å². The van der Waals surface area contributed by atoms with Crippen LogP contribution in [0.1, 0.15) is 113 Å². The number of hydrogen-bond acceptors (Lipinski definition) is 4. The summed E-state index contributed by atoms with van der Waals surface area (Å²) in [5.41, 5.74) is -0.891. The van der Waals surface area contributed by atoms with Crippen molar-refractivity contribution in [3.63, 3.8) is 0 Å². The second-order valence-electron chi connectivity index (χ2n) is 13.5. The van der Waals surface area contributed by atoms with Gasteiger partial charge in [-0.2, -0.15) is 0 Å². The first-order valence-corrected chi connectivity index (χ1v) is 13.9. The second kappa shape index (κ2) is 8.92. The first kappa shape index (κ1) is 25.7. The largest absolute Gasteiger partial charge is 0.458 e. The molecule has 6 rings (SSSR count). The molecule has 2 unspecified atom stereocenters. The third-order valence-corrected chi connectivity index (χ3v) is 10.6. The van der Waals surface area contributed by atoms with Crippen LogP contribution < -0.4 is 0 Å². The van der Waals surface area contributed by atoms with E-state index >= 15 is 0 Å². The fourth-order valence-corrected chi connectivity index (χ4v) is 7.29. The van der Waals surface area contributed by atoms with E-state index in [0.717, 1.165) is 43.9 Å². The first-order valence-electron chi connectivity index (χ1n) is 13.9. The average molecular weight is 474 g/mol. The van der Waals surface area contributed by atoms with Crippen LogP contribution in [0.3, 0.4) is 0 Å². The molecule has 2 atom stereocenters. The zero-order chi connectivity index (χ0) is 25.1. The molecule has 6 fully saturated rings. The molecule has 1 saturated heterocycles. The third-order valence-electron chi connectivity index (χ3n) is 10.6. The van der Waals surface area contributed by atoms with E-state index in [1.165, 1.54) is 37.0 Å². The number of β-lactam (4-membered cyclic amide) rings is 1. The highest BCUT2D eigenvalue weighted by Gasteiger charge is 2.58. The number of hydrogen-bond donors (Lipinski definition) is 0. The monoisotopic (exact) mass is 473 g/mol. The number of carbonyl (C=O) groups excluding carboxylic acids is 3. The van der Waals surface area contributed by atoms with E-state index in [4.69, 9.17) is 4.74 Å². The minimum Gasteiger partial charge on any atom is -0.458 e. The molecule has 34 heavy (non-hydrogen) atoms. The zero-order valence-electron chi connectivity index (χ0n) is 22.6. The van der Waals surface area contributed by atoms with Crippen LogP contribution in [0.25, 0.3) is 0 Å². The summed E-state index contributed by atoms with van der Waals surface area (Å²) in [6, 6.07) is 0.232. The van der Waals surface area contributed by atoms with Gasteiger partial charge in [-0.1, -0.05) is 34.1 Å². The molecule has 192 valence electrons. The van der Waals surface area contributed by atoms with Crippen LogP contribution >= 0.6 is 0 Å². The summed E-state index contributed by atoms with van der Waals surface area (Å²) in [6.45, 7) is 14.2. The molecule has 5 aliphatic carbocycles. The van der Waals surface area contributed by atoms with E-state index in [9.17, 15) is 14.4 Å². The Hall–Kier alpha value is -1.39. The van der Waals surface area contributed by atoms with Crippen LogP contribution in [0.5, 0.6) is 0 Å². The molecule has 6 aliphatic rings. The molecule has 1 aliphatic heterocycles. The van der Waals surface area contributed by atoms with Gasteiger partial charge in [-0.25, -0.2) is 0 Å². The number of fused-ring (bicyclic) bond motifs is 1. The predicted octanol–water partition coefficient (Wildman–Crippen LogP) is 6.14. The molecule has 1 heterocycles. The number of rotatable bonds is 5. The Morgan fingerprint density at radius 2 is 1.44 bits per heavy atom. The molecule has 5 saturated carbocycles. The number of imide groups is 1. The Balaban J connectivity index is 0.000000166. The summed E-state index contributed by atoms with van der Waals surface area (Å²) < 4.78 is 6.13. The Kier molecular flexibility index (Phi) is 6.74. The normalized spacial score (nSPS) is 38.1. The standard InChI is InChI=1S/C17H28O2.C12H19NO2/c1-5-16(2,3)15(18)19-17(4)13-7-11-6-12(9-13)10-14(17)8-11;1-4-12(2,3)11(15)13-9-7-5-6-8(9)10(13)14/h11-14H,5-10H2,1-4H3;8-9H,4-7H2,1-3H3. The van der Waals surface area contributed by atoms with Crippen LogP contribution in [0.2, 0.25) is 0 Å². The zero-order valence-corrected chi connectivity index (χ0v) is 22.6. The maximum atomic E-state index is 12.5. The van der Waals surface area contributed by atoms with Gasteiger partial charge in [0.2, 0.25) is 11.8 Å². The van der Waals surface area contributed by atoms with Gasteiger partial charge < -0.3 is 4.74 Å². The molecule has 0 radical (unpaired) electrons. The lowest BCUT2D eigenvalue weighted by atomic mass is 9.50. The minimum absolute atomic E-state index is 0.0185. The summed E-state index contributed by atoms with van der Waals surface area (Å²) in [5, 5.41) is 0. The fraction of sp³-hybridized carbons (Fsp3) is 0.897. The first-order chi connectivity index (χ1) is 15.8. The van der Waals surface area contributed by atoms with Gasteiger partial charge >= 0.3 is 5.97 Å². The van der Waals surface area contributed by atoms with Crippen LogP contribution in [0.4, 0.5) is 0 Å². The lowest BCUT2D eigenvalue weighted by molar-refractivity contribution is -0.211. The van der Waals surface area contributed by atoms with Crippen LogP contribution in [0, 0.1) is 40.4 Å². The maximum Gasteiger partial charge on any atom is 0.312 e. The number of amides is 2. The van der Waals surface area contributed by atoms with E-state index in [2.05, 4.69) is 13.8 Å². The average Bonchev–Trinajstić information content (AvgIpc) is 3.21. The number of carbonyl (C=O) groups is 3. The molecule has 5 heteroatoms. The second-order valence-corrected chi connectivity index (χ2v) is 13.5. The Bertz CT molecular complexity index is 800. The molecule has 0 aromatic carbocycles. The molecule has 4 bridgehead atoms. The molecule has 0 aromatic rings. The van der Waals surface area contributed by atoms with E-state index in [1.807, 2.05) is 34.6 Å². The van der Waals surface area contributed by atoms with Crippen LogP contribution in [-0.4, -0.2) is 34.3 Å². The van der Waals surface area contributed by atoms with E-state index in [1.54, 1.807) is 0 Å². The minimum atomic E-state index is -0.386. The molecule has 0 N–H and O–H groups in total. The van der Waals surface area contributed by atoms with Crippen molar-refractivity contribution in [3.8, 4) is 0 Å². The van der Waals surface area contributed by atoms with Crippen molar-refractivity contribution in [2.75, 3.05) is 0 Å². The van der Waals surface area contributed by atoms with Gasteiger partial charge in [0.05, 0.1) is 17.4 Å². The number of esters is 1. The van der Waals surface area contributed by atoms with Crippen LogP contribution in [-0.2, 0) is 19.1 Å². The number of likely N-dealkylation sites (tertiary alicyclic amines) is 1. The van der Waals surface area contributed by atoms with Gasteiger partial charge in [-0.15, -0.1) is 0 Å². The van der Waals surface area contributed by atoms with Crippen molar-refractivity contribution in [1.29, 1.82) is 0 Å². The van der Waals surface area contributed by atoms with Gasteiger partial charge in [-0.3, -0.25) is 19.3 Å². The van der Waals surface area contributed by atoms with Crippen molar-refractivity contribution >= 4 is 17.8 Å². The molecule has 5 nitrogen and oxygen atoms in total. The summed E-state index contributed by atoms with van der Waals surface area (Å²) >= 11 is 0. The van der Waals surface area contributed by atoms with Gasteiger partial charge in [0.1, 0.15) is 5.60 Å². The molecular formula is C29H47NO4. The topological polar surface area (TPSA) is 63.7 Å². The van der Waals surface area contributed by atoms with Crippen molar-refractivity contribution in [1.82, 2.24) is 4.90 Å². The van der Waals surface area contributed by atoms with Gasteiger partial charge in [-0.05, 0) is 102 Å². The van der Waals surface area contributed by atoms with Crippen molar-refractivity contribution in [3.05, 3.63) is 0 Å². The third kappa shape index (κ3) is 4.23. The van der Waals surface area contributed by atoms with Crippen LogP contribution in [0.15, 0.2) is 0 Å². The summed E-state index contributed by atoms with van der Waals surface area (Å²) in [6.07, 6.45) is 11.4. The van der Waals surface area contributed by atoms with E-state index < -0.39 is 0 Å². The van der Waals surface area contributed by atoms with Crippen molar-refractivity contribution in [2.24, 2.45) is 40.4 Å². The number of ether oxygens (including phenoxy) is 1. The van der Waals surface area contributed by atoms with E-state index in [0.29, 0.717) is 11.8 Å². The summed E-state index contributed by atoms with van der Waals surface area (Å²) in [7, 11) is 0. The quantitative estimate of drug-likeness (QED) is 0.355. The SMILES string of the molecule is CCC(C)(C)C(=O)N1C(=O)C2CCCC21.CCC(C)(C)C(=O)OC1(C)C2CC3CC(C2)CC1C3. The molecule has 0 spiro atoms. The van der Waals surface area contributed by atoms with Gasteiger partial charge in [0, 0.05) is 5.41 Å². The van der Waals surface area contributed by atoms with Gasteiger partial charge in [0.25, 0.3) is 0 Å². The molecular weight excluding hydrogens is 426 g/mol. The van der Waals surface area contributed by atoms with Crippen molar-refractivity contribution < 1.29 is 19.1 Å². The highest BCUT2D eigenvalue weighted by molar-refractivity contribution is 6.04. The lowest BCUT2D eigenvalue weighted by Gasteiger charge is -2.59. The highest BCUT2D eigenvalue weighted by atomic mass is 16.6. The lowest BCUT2D eigenvalue weighted by Crippen LogP contribution is -2.63. The molecule has 0 aromatic heterocycles. The molecule has 2 amide bonds. The van der Waals surface area contributed by atoms with E-state index in [-0.39, 0.29) is 46.2 Å². The summed E-state index contributed by atoms with van der Waals surface area (Å²) in [4.78, 5) is 37.9. The number of nitrogens with zero attached hydrogens (tertiary/aromatic N) is 1. The Morgan fingerprint density at radius 1 is 0.912 bits per heavy atom.